The van der Waals surface area contributed by atoms with E-state index in [1.165, 1.54) is 22.5 Å². The second kappa shape index (κ2) is 10.0. The molecular formula is C24H23ClFN3O4S. The van der Waals surface area contributed by atoms with Gasteiger partial charge in [-0.15, -0.1) is 0 Å². The van der Waals surface area contributed by atoms with Crippen molar-refractivity contribution < 1.29 is 22.3 Å². The number of hydrogen-bond donors (Lipinski definition) is 1. The van der Waals surface area contributed by atoms with Gasteiger partial charge in [-0.3, -0.25) is 4.79 Å². The third kappa shape index (κ3) is 4.86. The molecule has 0 unspecified atom stereocenters. The van der Waals surface area contributed by atoms with Crippen LogP contribution in [0.2, 0.25) is 5.02 Å². The number of ether oxygens (including phenoxy) is 1. The molecule has 1 heterocycles. The van der Waals surface area contributed by atoms with E-state index < -0.39 is 21.7 Å². The second-order valence-electron chi connectivity index (χ2n) is 7.64. The number of carbonyl (C=O) groups excluding carboxylic acids is 1. The maximum absolute atomic E-state index is 14.7. The Morgan fingerprint density at radius 1 is 1.00 bits per heavy atom. The van der Waals surface area contributed by atoms with Gasteiger partial charge in [-0.1, -0.05) is 35.9 Å². The Balaban J connectivity index is 1.46. The molecule has 1 fully saturated rings. The van der Waals surface area contributed by atoms with E-state index in [2.05, 4.69) is 10.2 Å². The molecule has 0 aliphatic carbocycles. The van der Waals surface area contributed by atoms with Gasteiger partial charge in [0, 0.05) is 26.2 Å². The van der Waals surface area contributed by atoms with Crippen molar-refractivity contribution in [3.63, 3.8) is 0 Å². The Kier molecular flexibility index (Phi) is 7.06. The second-order valence-corrected chi connectivity index (χ2v) is 9.98. The molecule has 1 aliphatic heterocycles. The number of amides is 1. The van der Waals surface area contributed by atoms with Crippen LogP contribution in [0.15, 0.2) is 71.6 Å². The van der Waals surface area contributed by atoms with Crippen molar-refractivity contribution in [3.8, 4) is 5.75 Å². The summed E-state index contributed by atoms with van der Waals surface area (Å²) in [5.41, 5.74) is 0.949. The highest BCUT2D eigenvalue weighted by atomic mass is 35.5. The quantitative estimate of drug-likeness (QED) is 0.544. The number of anilines is 2. The molecule has 3 aromatic rings. The fourth-order valence-electron chi connectivity index (χ4n) is 3.80. The molecule has 1 N–H and O–H groups in total. The van der Waals surface area contributed by atoms with E-state index in [9.17, 15) is 17.6 Å². The summed E-state index contributed by atoms with van der Waals surface area (Å²) in [5.74, 6) is -0.725. The van der Waals surface area contributed by atoms with Crippen LogP contribution in [0.1, 0.15) is 10.4 Å². The van der Waals surface area contributed by atoms with Gasteiger partial charge in [0.2, 0.25) is 10.0 Å². The Morgan fingerprint density at radius 2 is 1.68 bits per heavy atom. The van der Waals surface area contributed by atoms with Crippen LogP contribution in [0.3, 0.4) is 0 Å². The number of benzene rings is 3. The molecule has 0 atom stereocenters. The van der Waals surface area contributed by atoms with Crippen LogP contribution in [0, 0.1) is 5.82 Å². The molecule has 0 bridgehead atoms. The number of hydrogen-bond acceptors (Lipinski definition) is 5. The third-order valence-corrected chi connectivity index (χ3v) is 7.83. The maximum Gasteiger partial charge on any atom is 0.257 e. The number of nitrogens with one attached hydrogen (secondary N) is 1. The van der Waals surface area contributed by atoms with Gasteiger partial charge in [0.05, 0.1) is 34.0 Å². The Bertz CT molecular complexity index is 1310. The van der Waals surface area contributed by atoms with Crippen molar-refractivity contribution in [2.24, 2.45) is 0 Å². The average molecular weight is 504 g/mol. The summed E-state index contributed by atoms with van der Waals surface area (Å²) in [7, 11) is -2.32. The number of rotatable bonds is 6. The largest absolute Gasteiger partial charge is 0.495 e. The predicted octanol–water partition coefficient (Wildman–Crippen LogP) is 4.25. The zero-order valence-corrected chi connectivity index (χ0v) is 19.9. The first-order valence-corrected chi connectivity index (χ1v) is 12.4. The Labute approximate surface area is 202 Å². The Morgan fingerprint density at radius 3 is 2.35 bits per heavy atom. The summed E-state index contributed by atoms with van der Waals surface area (Å²) in [6.45, 7) is 1.42. The highest BCUT2D eigenvalue weighted by molar-refractivity contribution is 7.89. The van der Waals surface area contributed by atoms with Gasteiger partial charge in [0.25, 0.3) is 5.91 Å². The lowest BCUT2D eigenvalue weighted by atomic mass is 10.2. The van der Waals surface area contributed by atoms with Crippen LogP contribution >= 0.6 is 11.6 Å². The normalized spacial score (nSPS) is 14.6. The van der Waals surface area contributed by atoms with Crippen molar-refractivity contribution in [2.75, 3.05) is 43.5 Å². The van der Waals surface area contributed by atoms with E-state index >= 15 is 0 Å². The van der Waals surface area contributed by atoms with Crippen LogP contribution in [0.4, 0.5) is 15.8 Å². The van der Waals surface area contributed by atoms with Crippen molar-refractivity contribution in [1.29, 1.82) is 0 Å². The summed E-state index contributed by atoms with van der Waals surface area (Å²) in [5, 5.41) is 2.66. The van der Waals surface area contributed by atoms with E-state index in [0.29, 0.717) is 13.1 Å². The van der Waals surface area contributed by atoms with E-state index in [-0.39, 0.29) is 34.3 Å². The molecule has 10 heteroatoms. The summed E-state index contributed by atoms with van der Waals surface area (Å²) >= 11 is 6.01. The molecule has 4 rings (SSSR count). The molecule has 1 aliphatic rings. The molecule has 0 aromatic heterocycles. The van der Waals surface area contributed by atoms with Gasteiger partial charge in [0.15, 0.2) is 0 Å². The lowest BCUT2D eigenvalue weighted by Crippen LogP contribution is -2.48. The molecule has 3 aromatic carbocycles. The molecule has 34 heavy (non-hydrogen) atoms. The van der Waals surface area contributed by atoms with E-state index in [0.717, 1.165) is 17.5 Å². The third-order valence-electron chi connectivity index (χ3n) is 5.61. The van der Waals surface area contributed by atoms with Crippen molar-refractivity contribution >= 4 is 38.9 Å². The van der Waals surface area contributed by atoms with E-state index in [4.69, 9.17) is 16.3 Å². The van der Waals surface area contributed by atoms with Gasteiger partial charge in [0.1, 0.15) is 11.6 Å². The van der Waals surface area contributed by atoms with Crippen LogP contribution in [-0.2, 0) is 10.0 Å². The first-order valence-electron chi connectivity index (χ1n) is 10.5. The highest BCUT2D eigenvalue weighted by Gasteiger charge is 2.30. The lowest BCUT2D eigenvalue weighted by Gasteiger charge is -2.35. The molecule has 0 radical (unpaired) electrons. The monoisotopic (exact) mass is 503 g/mol. The van der Waals surface area contributed by atoms with Crippen LogP contribution < -0.4 is 15.0 Å². The topological polar surface area (TPSA) is 79.0 Å². The van der Waals surface area contributed by atoms with Gasteiger partial charge in [-0.25, -0.2) is 12.8 Å². The molecule has 178 valence electrons. The number of carbonyl (C=O) groups is 1. The number of piperazine rings is 1. The first kappa shape index (κ1) is 24.0. The fraction of sp³-hybridized carbons (Fsp3) is 0.208. The van der Waals surface area contributed by atoms with Gasteiger partial charge in [-0.2, -0.15) is 4.31 Å². The summed E-state index contributed by atoms with van der Waals surface area (Å²) < 4.78 is 47.7. The van der Waals surface area contributed by atoms with Gasteiger partial charge < -0.3 is 15.0 Å². The fourth-order valence-corrected chi connectivity index (χ4v) is 5.46. The summed E-state index contributed by atoms with van der Waals surface area (Å²) in [6.07, 6.45) is 0. The number of para-hydroxylation sites is 2. The van der Waals surface area contributed by atoms with Crippen molar-refractivity contribution in [1.82, 2.24) is 4.31 Å². The molecule has 7 nitrogen and oxygen atoms in total. The van der Waals surface area contributed by atoms with E-state index in [1.807, 2.05) is 24.3 Å². The standard InChI is InChI=1S/C24H23ClFN3O4S/c1-33-23-9-5-4-8-22(23)28-12-14-29(15-13-28)34(31,32)17-10-11-21(20(26)16-17)27-24(30)18-6-2-3-7-19(18)25/h2-11,16H,12-15H2,1H3,(H,27,30). The SMILES string of the molecule is COc1ccccc1N1CCN(S(=O)(=O)c2ccc(NC(=O)c3ccccc3Cl)c(F)c2)CC1. The van der Waals surface area contributed by atoms with E-state index in [1.54, 1.807) is 25.3 Å². The minimum absolute atomic E-state index is 0.134. The smallest absolute Gasteiger partial charge is 0.257 e. The summed E-state index contributed by atoms with van der Waals surface area (Å²) in [4.78, 5) is 14.3. The maximum atomic E-state index is 14.7. The van der Waals surface area contributed by atoms with Crippen molar-refractivity contribution in [3.05, 3.63) is 83.1 Å². The van der Waals surface area contributed by atoms with Gasteiger partial charge >= 0.3 is 0 Å². The number of halogens is 2. The highest BCUT2D eigenvalue weighted by Crippen LogP contribution is 2.30. The zero-order chi connectivity index (χ0) is 24.3. The van der Waals surface area contributed by atoms with Gasteiger partial charge in [-0.05, 0) is 42.5 Å². The molecule has 1 saturated heterocycles. The van der Waals surface area contributed by atoms with Crippen LogP contribution in [-0.4, -0.2) is 51.9 Å². The number of nitrogens with zero attached hydrogens (tertiary/aromatic N) is 2. The molecular weight excluding hydrogens is 481 g/mol. The Hall–Kier alpha value is -3.14. The predicted molar refractivity (Wildman–Crippen MR) is 130 cm³/mol. The van der Waals surface area contributed by atoms with Crippen LogP contribution in [0.25, 0.3) is 0 Å². The number of sulfonamides is 1. The zero-order valence-electron chi connectivity index (χ0n) is 18.4. The number of methoxy groups -OCH3 is 1. The van der Waals surface area contributed by atoms with Crippen molar-refractivity contribution in [2.45, 2.75) is 4.90 Å². The minimum Gasteiger partial charge on any atom is -0.495 e. The molecule has 0 spiro atoms. The first-order chi connectivity index (χ1) is 16.3. The molecule has 0 saturated carbocycles. The summed E-state index contributed by atoms with van der Waals surface area (Å²) in [6, 6.07) is 17.4. The molecule has 1 amide bonds. The van der Waals surface area contributed by atoms with Crippen LogP contribution in [0.5, 0.6) is 5.75 Å². The average Bonchev–Trinajstić information content (AvgIpc) is 2.85. The minimum atomic E-state index is -3.91. The lowest BCUT2D eigenvalue weighted by molar-refractivity contribution is 0.102.